The summed E-state index contributed by atoms with van der Waals surface area (Å²) in [5.74, 6) is 1.10. The molecule has 4 heteroatoms. The molecule has 0 saturated carbocycles. The summed E-state index contributed by atoms with van der Waals surface area (Å²) in [6.45, 7) is 4.28. The van der Waals surface area contributed by atoms with E-state index in [4.69, 9.17) is 16.3 Å². The van der Waals surface area contributed by atoms with Gasteiger partial charge in [-0.05, 0) is 37.6 Å². The predicted molar refractivity (Wildman–Crippen MR) is 69.9 cm³/mol. The van der Waals surface area contributed by atoms with Crippen molar-refractivity contribution in [3.63, 3.8) is 0 Å². The Kier molecular flexibility index (Phi) is 5.29. The number of benzene rings is 1. The molecular formula is C12H14BrClO2. The SMILES string of the molecule is CCOc1cc(CCl)cc(C(=O)C(C)Br)c1. The highest BCUT2D eigenvalue weighted by molar-refractivity contribution is 9.10. The van der Waals surface area contributed by atoms with Crippen LogP contribution >= 0.6 is 27.5 Å². The molecule has 1 atom stereocenters. The van der Waals surface area contributed by atoms with Crippen LogP contribution in [0.2, 0.25) is 0 Å². The fourth-order valence-corrected chi connectivity index (χ4v) is 1.78. The second-order valence-corrected chi connectivity index (χ2v) is 5.05. The zero-order valence-electron chi connectivity index (χ0n) is 9.30. The van der Waals surface area contributed by atoms with Gasteiger partial charge in [-0.15, -0.1) is 11.6 Å². The number of Topliss-reactive ketones (excluding diaryl/α,β-unsaturated/α-hetero) is 1. The van der Waals surface area contributed by atoms with Crippen LogP contribution < -0.4 is 4.74 Å². The van der Waals surface area contributed by atoms with Gasteiger partial charge in [0.05, 0.1) is 11.4 Å². The van der Waals surface area contributed by atoms with Gasteiger partial charge in [-0.3, -0.25) is 4.79 Å². The maximum absolute atomic E-state index is 11.8. The van der Waals surface area contributed by atoms with E-state index in [-0.39, 0.29) is 10.6 Å². The third-order valence-electron chi connectivity index (χ3n) is 2.08. The number of ketones is 1. The molecule has 0 fully saturated rings. The van der Waals surface area contributed by atoms with E-state index in [0.29, 0.717) is 23.8 Å². The average molecular weight is 306 g/mol. The van der Waals surface area contributed by atoms with E-state index in [2.05, 4.69) is 15.9 Å². The number of carbonyl (C=O) groups excluding carboxylic acids is 1. The van der Waals surface area contributed by atoms with Crippen molar-refractivity contribution in [1.29, 1.82) is 0 Å². The van der Waals surface area contributed by atoms with Crippen molar-refractivity contribution in [3.05, 3.63) is 29.3 Å². The molecule has 0 saturated heterocycles. The molecule has 0 spiro atoms. The maximum atomic E-state index is 11.8. The van der Waals surface area contributed by atoms with E-state index in [9.17, 15) is 4.79 Å². The number of ether oxygens (including phenoxy) is 1. The summed E-state index contributed by atoms with van der Waals surface area (Å²) >= 11 is 9.04. The standard InChI is InChI=1S/C12H14BrClO2/c1-3-16-11-5-9(7-14)4-10(6-11)12(15)8(2)13/h4-6,8H,3,7H2,1-2H3. The molecule has 1 aromatic carbocycles. The molecule has 0 radical (unpaired) electrons. The molecule has 2 nitrogen and oxygen atoms in total. The van der Waals surface area contributed by atoms with Gasteiger partial charge in [0, 0.05) is 11.4 Å². The maximum Gasteiger partial charge on any atom is 0.176 e. The van der Waals surface area contributed by atoms with E-state index in [1.165, 1.54) is 0 Å². The Labute approximate surface area is 109 Å². The second-order valence-electron chi connectivity index (χ2n) is 3.41. The van der Waals surface area contributed by atoms with E-state index in [0.717, 1.165) is 5.56 Å². The number of halogens is 2. The van der Waals surface area contributed by atoms with Crippen LogP contribution in [-0.2, 0) is 5.88 Å². The first-order chi connectivity index (χ1) is 7.58. The fraction of sp³-hybridized carbons (Fsp3) is 0.417. The van der Waals surface area contributed by atoms with Crippen LogP contribution in [0.5, 0.6) is 5.75 Å². The summed E-state index contributed by atoms with van der Waals surface area (Å²) in [5.41, 5.74) is 1.52. The third kappa shape index (κ3) is 3.49. The molecule has 88 valence electrons. The van der Waals surface area contributed by atoms with E-state index < -0.39 is 0 Å². The average Bonchev–Trinajstić information content (AvgIpc) is 2.27. The summed E-state index contributed by atoms with van der Waals surface area (Å²) in [5, 5.41) is 0. The topological polar surface area (TPSA) is 26.3 Å². The molecule has 0 aromatic heterocycles. The number of hydrogen-bond donors (Lipinski definition) is 0. The molecule has 0 bridgehead atoms. The molecule has 16 heavy (non-hydrogen) atoms. The third-order valence-corrected chi connectivity index (χ3v) is 2.80. The molecule has 0 N–H and O–H groups in total. The van der Waals surface area contributed by atoms with E-state index in [1.807, 2.05) is 13.0 Å². The van der Waals surface area contributed by atoms with Crippen LogP contribution in [-0.4, -0.2) is 17.2 Å². The second kappa shape index (κ2) is 6.26. The fourth-order valence-electron chi connectivity index (χ4n) is 1.36. The van der Waals surface area contributed by atoms with Crippen molar-refractivity contribution >= 4 is 33.3 Å². The Bertz CT molecular complexity index is 377. The quantitative estimate of drug-likeness (QED) is 0.611. The zero-order valence-corrected chi connectivity index (χ0v) is 11.6. The number of alkyl halides is 2. The lowest BCUT2D eigenvalue weighted by Crippen LogP contribution is -2.10. The minimum atomic E-state index is -0.201. The smallest absolute Gasteiger partial charge is 0.176 e. The largest absolute Gasteiger partial charge is 0.494 e. The van der Waals surface area contributed by atoms with Crippen molar-refractivity contribution in [2.75, 3.05) is 6.61 Å². The van der Waals surface area contributed by atoms with Crippen LogP contribution in [0.3, 0.4) is 0 Å². The van der Waals surface area contributed by atoms with E-state index >= 15 is 0 Å². The molecular weight excluding hydrogens is 291 g/mol. The summed E-state index contributed by atoms with van der Waals surface area (Å²) in [6.07, 6.45) is 0. The summed E-state index contributed by atoms with van der Waals surface area (Å²) in [4.78, 5) is 11.6. The van der Waals surface area contributed by atoms with Crippen LogP contribution in [0.1, 0.15) is 29.8 Å². The van der Waals surface area contributed by atoms with Gasteiger partial charge in [-0.1, -0.05) is 15.9 Å². The normalized spacial score (nSPS) is 12.2. The zero-order chi connectivity index (χ0) is 12.1. The number of rotatable bonds is 5. The molecule has 0 aliphatic heterocycles. The highest BCUT2D eigenvalue weighted by Gasteiger charge is 2.13. The van der Waals surface area contributed by atoms with Gasteiger partial charge in [0.1, 0.15) is 5.75 Å². The van der Waals surface area contributed by atoms with E-state index in [1.54, 1.807) is 19.1 Å². The van der Waals surface area contributed by atoms with Gasteiger partial charge in [0.2, 0.25) is 0 Å². The molecule has 0 amide bonds. The van der Waals surface area contributed by atoms with Crippen molar-refractivity contribution in [2.24, 2.45) is 0 Å². The predicted octanol–water partition coefficient (Wildman–Crippen LogP) is 3.79. The van der Waals surface area contributed by atoms with Crippen molar-refractivity contribution in [2.45, 2.75) is 24.6 Å². The van der Waals surface area contributed by atoms with Crippen molar-refractivity contribution in [1.82, 2.24) is 0 Å². The Morgan fingerprint density at radius 2 is 2.19 bits per heavy atom. The number of hydrogen-bond acceptors (Lipinski definition) is 2. The highest BCUT2D eigenvalue weighted by atomic mass is 79.9. The number of carbonyl (C=O) groups is 1. The Balaban J connectivity index is 3.08. The van der Waals surface area contributed by atoms with Gasteiger partial charge in [-0.2, -0.15) is 0 Å². The van der Waals surface area contributed by atoms with Gasteiger partial charge in [-0.25, -0.2) is 0 Å². The lowest BCUT2D eigenvalue weighted by Gasteiger charge is -2.09. The van der Waals surface area contributed by atoms with Crippen LogP contribution in [0.4, 0.5) is 0 Å². The lowest BCUT2D eigenvalue weighted by molar-refractivity contribution is 0.0995. The Morgan fingerprint density at radius 1 is 1.50 bits per heavy atom. The first-order valence-corrected chi connectivity index (χ1v) is 6.54. The van der Waals surface area contributed by atoms with Crippen molar-refractivity contribution < 1.29 is 9.53 Å². The summed E-state index contributed by atoms with van der Waals surface area (Å²) < 4.78 is 5.39. The molecule has 0 heterocycles. The minimum Gasteiger partial charge on any atom is -0.494 e. The first-order valence-electron chi connectivity index (χ1n) is 5.09. The van der Waals surface area contributed by atoms with Gasteiger partial charge < -0.3 is 4.74 Å². The molecule has 0 aliphatic rings. The first kappa shape index (κ1) is 13.5. The van der Waals surface area contributed by atoms with Crippen LogP contribution in [0.15, 0.2) is 18.2 Å². The van der Waals surface area contributed by atoms with Crippen LogP contribution in [0, 0.1) is 0 Å². The van der Waals surface area contributed by atoms with Gasteiger partial charge in [0.15, 0.2) is 5.78 Å². The molecule has 1 rings (SSSR count). The lowest BCUT2D eigenvalue weighted by atomic mass is 10.1. The summed E-state index contributed by atoms with van der Waals surface area (Å²) in [7, 11) is 0. The van der Waals surface area contributed by atoms with Gasteiger partial charge in [0.25, 0.3) is 0 Å². The summed E-state index contributed by atoms with van der Waals surface area (Å²) in [6, 6.07) is 5.40. The highest BCUT2D eigenvalue weighted by Crippen LogP contribution is 2.21. The van der Waals surface area contributed by atoms with Gasteiger partial charge >= 0.3 is 0 Å². The molecule has 1 aromatic rings. The minimum absolute atomic E-state index is 0.0351. The van der Waals surface area contributed by atoms with Crippen LogP contribution in [0.25, 0.3) is 0 Å². The monoisotopic (exact) mass is 304 g/mol. The van der Waals surface area contributed by atoms with Crippen molar-refractivity contribution in [3.8, 4) is 5.75 Å². The Morgan fingerprint density at radius 3 is 2.69 bits per heavy atom. The molecule has 0 aliphatic carbocycles. The molecule has 1 unspecified atom stereocenters. The Hall–Kier alpha value is -0.540.